The van der Waals surface area contributed by atoms with E-state index in [-0.39, 0.29) is 10.9 Å². The summed E-state index contributed by atoms with van der Waals surface area (Å²) in [6, 6.07) is 1.52. The molecule has 1 aromatic rings. The molecular formula is C13H21BrN4O2S. The van der Waals surface area contributed by atoms with Crippen LogP contribution in [0.2, 0.25) is 0 Å². The van der Waals surface area contributed by atoms with Crippen LogP contribution in [-0.4, -0.2) is 51.0 Å². The van der Waals surface area contributed by atoms with Crippen LogP contribution in [0, 0.1) is 0 Å². The topological polar surface area (TPSA) is 74.3 Å². The van der Waals surface area contributed by atoms with Crippen LogP contribution >= 0.6 is 15.9 Å². The summed E-state index contributed by atoms with van der Waals surface area (Å²) in [5.74, 6) is 0.355. The quantitative estimate of drug-likeness (QED) is 0.816. The summed E-state index contributed by atoms with van der Waals surface area (Å²) in [7, 11) is -1.93. The van der Waals surface area contributed by atoms with Gasteiger partial charge < -0.3 is 10.2 Å². The molecule has 2 N–H and O–H groups in total. The molecule has 0 bridgehead atoms. The van der Waals surface area contributed by atoms with Crippen molar-refractivity contribution in [3.05, 3.63) is 16.7 Å². The Labute approximate surface area is 134 Å². The third kappa shape index (κ3) is 4.15. The van der Waals surface area contributed by atoms with Crippen LogP contribution in [0.3, 0.4) is 0 Å². The number of sulfonamides is 1. The van der Waals surface area contributed by atoms with Crippen molar-refractivity contribution >= 4 is 31.8 Å². The number of piperidine rings is 1. The first-order chi connectivity index (χ1) is 9.96. The first-order valence-electron chi connectivity index (χ1n) is 7.04. The molecule has 1 saturated heterocycles. The van der Waals surface area contributed by atoms with Gasteiger partial charge in [-0.1, -0.05) is 6.92 Å². The Morgan fingerprint density at radius 1 is 1.52 bits per heavy atom. The molecule has 0 amide bonds. The molecule has 0 radical (unpaired) electrons. The van der Waals surface area contributed by atoms with Crippen molar-refractivity contribution in [1.82, 2.24) is 14.6 Å². The second kappa shape index (κ2) is 7.04. The van der Waals surface area contributed by atoms with E-state index in [1.54, 1.807) is 19.3 Å². The Balaban J connectivity index is 2.20. The minimum Gasteiger partial charge on any atom is -0.372 e. The lowest BCUT2D eigenvalue weighted by molar-refractivity contribution is 0.211. The molecule has 2 heterocycles. The maximum atomic E-state index is 12.6. The molecule has 8 heteroatoms. The van der Waals surface area contributed by atoms with Gasteiger partial charge in [0, 0.05) is 30.3 Å². The Morgan fingerprint density at radius 3 is 2.95 bits per heavy atom. The van der Waals surface area contributed by atoms with Gasteiger partial charge in [-0.05, 0) is 47.9 Å². The van der Waals surface area contributed by atoms with E-state index in [1.165, 1.54) is 0 Å². The fourth-order valence-corrected chi connectivity index (χ4v) is 4.47. The molecule has 6 nitrogen and oxygen atoms in total. The van der Waals surface area contributed by atoms with Gasteiger partial charge in [0.1, 0.15) is 10.7 Å². The highest BCUT2D eigenvalue weighted by atomic mass is 79.9. The van der Waals surface area contributed by atoms with Gasteiger partial charge in [0.25, 0.3) is 0 Å². The summed E-state index contributed by atoms with van der Waals surface area (Å²) < 4.78 is 28.6. The standard InChI is InChI=1S/C13H21BrN4O2S/c1-3-18-6-4-5-11(9-18)17-21(19,20)12-7-10(14)8-16-13(12)15-2/h7-8,11,17H,3-6,9H2,1-2H3,(H,15,16). The lowest BCUT2D eigenvalue weighted by Gasteiger charge is -2.32. The Hall–Kier alpha value is -0.700. The molecule has 1 atom stereocenters. The molecule has 118 valence electrons. The molecule has 0 aromatic carbocycles. The molecule has 21 heavy (non-hydrogen) atoms. The Bertz CT molecular complexity index is 594. The van der Waals surface area contributed by atoms with E-state index >= 15 is 0 Å². The predicted octanol–water partition coefficient (Wildman–Crippen LogP) is 1.65. The maximum Gasteiger partial charge on any atom is 0.244 e. The highest BCUT2D eigenvalue weighted by Crippen LogP contribution is 2.23. The van der Waals surface area contributed by atoms with Crippen molar-refractivity contribution in [2.75, 3.05) is 32.0 Å². The summed E-state index contributed by atoms with van der Waals surface area (Å²) >= 11 is 3.27. The van der Waals surface area contributed by atoms with Crippen LogP contribution in [0.15, 0.2) is 21.6 Å². The fourth-order valence-electron chi connectivity index (χ4n) is 2.54. The first-order valence-corrected chi connectivity index (χ1v) is 9.32. The highest BCUT2D eigenvalue weighted by molar-refractivity contribution is 9.10. The normalized spacial score (nSPS) is 20.4. The average Bonchev–Trinajstić information content (AvgIpc) is 2.47. The summed E-state index contributed by atoms with van der Waals surface area (Å²) in [6.07, 6.45) is 3.45. The van der Waals surface area contributed by atoms with E-state index < -0.39 is 10.0 Å². The Morgan fingerprint density at radius 2 is 2.29 bits per heavy atom. The number of hydrogen-bond donors (Lipinski definition) is 2. The largest absolute Gasteiger partial charge is 0.372 e. The number of pyridine rings is 1. The average molecular weight is 377 g/mol. The number of rotatable bonds is 5. The molecule has 0 aliphatic carbocycles. The van der Waals surface area contributed by atoms with Gasteiger partial charge in [-0.25, -0.2) is 18.1 Å². The number of nitrogens with zero attached hydrogens (tertiary/aromatic N) is 2. The number of anilines is 1. The first kappa shape index (κ1) is 16.7. The Kier molecular flexibility index (Phi) is 5.59. The summed E-state index contributed by atoms with van der Waals surface area (Å²) in [6.45, 7) is 4.83. The summed E-state index contributed by atoms with van der Waals surface area (Å²) in [4.78, 5) is 6.53. The fraction of sp³-hybridized carbons (Fsp3) is 0.615. The third-order valence-electron chi connectivity index (χ3n) is 3.62. The lowest BCUT2D eigenvalue weighted by atomic mass is 10.1. The van der Waals surface area contributed by atoms with E-state index in [1.807, 2.05) is 0 Å². The zero-order chi connectivity index (χ0) is 15.5. The summed E-state index contributed by atoms with van der Waals surface area (Å²) in [5.41, 5.74) is 0. The van der Waals surface area contributed by atoms with Gasteiger partial charge in [0.15, 0.2) is 0 Å². The van der Waals surface area contributed by atoms with Crippen LogP contribution in [-0.2, 0) is 10.0 Å². The predicted molar refractivity (Wildman–Crippen MR) is 86.9 cm³/mol. The van der Waals surface area contributed by atoms with Crippen LogP contribution in [0.25, 0.3) is 0 Å². The van der Waals surface area contributed by atoms with Gasteiger partial charge in [-0.15, -0.1) is 0 Å². The van der Waals surface area contributed by atoms with Crippen molar-refractivity contribution in [2.24, 2.45) is 0 Å². The second-order valence-electron chi connectivity index (χ2n) is 5.10. The van der Waals surface area contributed by atoms with E-state index in [4.69, 9.17) is 0 Å². The zero-order valence-electron chi connectivity index (χ0n) is 12.3. The second-order valence-corrected chi connectivity index (χ2v) is 7.70. The molecule has 1 aromatic heterocycles. The summed E-state index contributed by atoms with van der Waals surface area (Å²) in [5, 5.41) is 2.82. The van der Waals surface area contributed by atoms with Crippen molar-refractivity contribution < 1.29 is 8.42 Å². The smallest absolute Gasteiger partial charge is 0.244 e. The number of likely N-dealkylation sites (N-methyl/N-ethyl adjacent to an activating group) is 1. The van der Waals surface area contributed by atoms with Gasteiger partial charge >= 0.3 is 0 Å². The third-order valence-corrected chi connectivity index (χ3v) is 5.59. The molecule has 0 saturated carbocycles. The number of halogens is 1. The highest BCUT2D eigenvalue weighted by Gasteiger charge is 2.26. The van der Waals surface area contributed by atoms with Crippen LogP contribution in [0.1, 0.15) is 19.8 Å². The van der Waals surface area contributed by atoms with Crippen molar-refractivity contribution in [1.29, 1.82) is 0 Å². The maximum absolute atomic E-state index is 12.6. The van der Waals surface area contributed by atoms with E-state index in [2.05, 4.69) is 42.8 Å². The number of aromatic nitrogens is 1. The van der Waals surface area contributed by atoms with E-state index in [0.717, 1.165) is 32.5 Å². The van der Waals surface area contributed by atoms with Gasteiger partial charge in [0.2, 0.25) is 10.0 Å². The molecule has 2 rings (SSSR count). The minimum atomic E-state index is -3.59. The number of nitrogens with one attached hydrogen (secondary N) is 2. The van der Waals surface area contributed by atoms with E-state index in [0.29, 0.717) is 10.3 Å². The number of hydrogen-bond acceptors (Lipinski definition) is 5. The molecule has 0 spiro atoms. The SMILES string of the molecule is CCN1CCCC(NS(=O)(=O)c2cc(Br)cnc2NC)C1. The molecule has 1 aliphatic heterocycles. The molecular weight excluding hydrogens is 356 g/mol. The molecule has 1 fully saturated rings. The van der Waals surface area contributed by atoms with Crippen molar-refractivity contribution in [2.45, 2.75) is 30.7 Å². The minimum absolute atomic E-state index is 0.0487. The monoisotopic (exact) mass is 376 g/mol. The van der Waals surface area contributed by atoms with Crippen LogP contribution in [0.4, 0.5) is 5.82 Å². The van der Waals surface area contributed by atoms with Crippen molar-refractivity contribution in [3.8, 4) is 0 Å². The zero-order valence-corrected chi connectivity index (χ0v) is 14.7. The van der Waals surface area contributed by atoms with Gasteiger partial charge in [0.05, 0.1) is 0 Å². The number of likely N-dealkylation sites (tertiary alicyclic amines) is 1. The lowest BCUT2D eigenvalue weighted by Crippen LogP contribution is -2.47. The van der Waals surface area contributed by atoms with Crippen molar-refractivity contribution in [3.63, 3.8) is 0 Å². The van der Waals surface area contributed by atoms with E-state index in [9.17, 15) is 8.42 Å². The van der Waals surface area contributed by atoms with Gasteiger partial charge in [-0.2, -0.15) is 0 Å². The van der Waals surface area contributed by atoms with Crippen LogP contribution in [0.5, 0.6) is 0 Å². The van der Waals surface area contributed by atoms with Crippen LogP contribution < -0.4 is 10.0 Å². The molecule has 1 unspecified atom stereocenters. The molecule has 1 aliphatic rings. The van der Waals surface area contributed by atoms with Gasteiger partial charge in [-0.3, -0.25) is 0 Å².